The number of carbonyl (C=O) groups is 1. The lowest BCUT2D eigenvalue weighted by Crippen LogP contribution is -2.27. The summed E-state index contributed by atoms with van der Waals surface area (Å²) in [6.45, 7) is 9.88. The standard InChI is InChI=1S/C24H26N6O2/c1-15(17-9-7-6-8-10-17)27-21(31)19-14-26-30(16(19)2)20-12-11-18(13-25-20)22-28-23(29-32-22)24(3,4)5/h6-15H,1-5H3,(H,27,31)/t15-/m0/s1. The van der Waals surface area contributed by atoms with Crippen LogP contribution in [0.2, 0.25) is 0 Å². The Morgan fingerprint density at radius 1 is 1.09 bits per heavy atom. The molecule has 8 heteroatoms. The number of benzene rings is 1. The maximum absolute atomic E-state index is 12.8. The van der Waals surface area contributed by atoms with Gasteiger partial charge in [0.25, 0.3) is 11.8 Å². The molecule has 32 heavy (non-hydrogen) atoms. The fourth-order valence-corrected chi connectivity index (χ4v) is 3.25. The second-order valence-corrected chi connectivity index (χ2v) is 8.74. The molecule has 0 fully saturated rings. The Bertz CT molecular complexity index is 1220. The highest BCUT2D eigenvalue weighted by molar-refractivity contribution is 5.95. The third-order valence-corrected chi connectivity index (χ3v) is 5.21. The minimum absolute atomic E-state index is 0.115. The summed E-state index contributed by atoms with van der Waals surface area (Å²) in [6.07, 6.45) is 3.22. The fraction of sp³-hybridized carbons (Fsp3) is 0.292. The van der Waals surface area contributed by atoms with Gasteiger partial charge in [0.1, 0.15) is 0 Å². The van der Waals surface area contributed by atoms with Gasteiger partial charge in [0, 0.05) is 11.6 Å². The summed E-state index contributed by atoms with van der Waals surface area (Å²) in [5, 5.41) is 11.4. The van der Waals surface area contributed by atoms with Crippen LogP contribution >= 0.6 is 0 Å². The highest BCUT2D eigenvalue weighted by Crippen LogP contribution is 2.24. The maximum atomic E-state index is 12.8. The molecule has 3 heterocycles. The first-order chi connectivity index (χ1) is 15.2. The fourth-order valence-electron chi connectivity index (χ4n) is 3.25. The molecular weight excluding hydrogens is 404 g/mol. The highest BCUT2D eigenvalue weighted by atomic mass is 16.5. The van der Waals surface area contributed by atoms with Gasteiger partial charge in [0.2, 0.25) is 0 Å². The molecule has 0 unspecified atom stereocenters. The Labute approximate surface area is 186 Å². The van der Waals surface area contributed by atoms with E-state index in [1.165, 1.54) is 0 Å². The van der Waals surface area contributed by atoms with E-state index in [-0.39, 0.29) is 17.4 Å². The Hall–Kier alpha value is -3.81. The summed E-state index contributed by atoms with van der Waals surface area (Å²) in [5.74, 6) is 1.47. The van der Waals surface area contributed by atoms with Crippen LogP contribution in [-0.4, -0.2) is 30.8 Å². The molecule has 0 aliphatic carbocycles. The predicted molar refractivity (Wildman–Crippen MR) is 120 cm³/mol. The van der Waals surface area contributed by atoms with Crippen LogP contribution < -0.4 is 5.32 Å². The van der Waals surface area contributed by atoms with Gasteiger partial charge in [-0.1, -0.05) is 56.3 Å². The average Bonchev–Trinajstić information content (AvgIpc) is 3.42. The Morgan fingerprint density at radius 3 is 2.47 bits per heavy atom. The van der Waals surface area contributed by atoms with Crippen molar-refractivity contribution in [2.24, 2.45) is 0 Å². The number of nitrogens with one attached hydrogen (secondary N) is 1. The minimum Gasteiger partial charge on any atom is -0.345 e. The van der Waals surface area contributed by atoms with Gasteiger partial charge < -0.3 is 9.84 Å². The van der Waals surface area contributed by atoms with E-state index in [0.717, 1.165) is 11.1 Å². The molecule has 0 aliphatic heterocycles. The van der Waals surface area contributed by atoms with Crippen molar-refractivity contribution in [3.8, 4) is 17.3 Å². The lowest BCUT2D eigenvalue weighted by Gasteiger charge is -2.14. The van der Waals surface area contributed by atoms with Gasteiger partial charge in [-0.2, -0.15) is 10.1 Å². The van der Waals surface area contributed by atoms with Crippen LogP contribution in [0, 0.1) is 6.92 Å². The van der Waals surface area contributed by atoms with Crippen molar-refractivity contribution in [3.05, 3.63) is 77.5 Å². The molecule has 0 aliphatic rings. The van der Waals surface area contributed by atoms with Crippen LogP contribution in [0.25, 0.3) is 17.3 Å². The van der Waals surface area contributed by atoms with Crippen LogP contribution in [0.3, 0.4) is 0 Å². The SMILES string of the molecule is Cc1c(C(=O)N[C@@H](C)c2ccccc2)cnn1-c1ccc(-c2nc(C(C)(C)C)no2)cn1. The van der Waals surface area contributed by atoms with Crippen molar-refractivity contribution >= 4 is 5.91 Å². The lowest BCUT2D eigenvalue weighted by atomic mass is 9.96. The van der Waals surface area contributed by atoms with Crippen LogP contribution in [0.5, 0.6) is 0 Å². The smallest absolute Gasteiger partial charge is 0.259 e. The number of aromatic nitrogens is 5. The number of amides is 1. The van der Waals surface area contributed by atoms with E-state index >= 15 is 0 Å². The second-order valence-electron chi connectivity index (χ2n) is 8.74. The Balaban J connectivity index is 1.51. The molecule has 0 saturated carbocycles. The normalized spacial score (nSPS) is 12.5. The third kappa shape index (κ3) is 4.30. The highest BCUT2D eigenvalue weighted by Gasteiger charge is 2.22. The van der Waals surface area contributed by atoms with Gasteiger partial charge in [0.05, 0.1) is 29.1 Å². The third-order valence-electron chi connectivity index (χ3n) is 5.21. The van der Waals surface area contributed by atoms with E-state index in [1.807, 2.05) is 77.1 Å². The first-order valence-electron chi connectivity index (χ1n) is 10.5. The zero-order valence-corrected chi connectivity index (χ0v) is 18.8. The number of hydrogen-bond donors (Lipinski definition) is 1. The van der Waals surface area contributed by atoms with Gasteiger partial charge in [-0.05, 0) is 31.5 Å². The van der Waals surface area contributed by atoms with E-state index < -0.39 is 0 Å². The molecule has 0 bridgehead atoms. The van der Waals surface area contributed by atoms with Gasteiger partial charge in [-0.25, -0.2) is 9.67 Å². The van der Waals surface area contributed by atoms with Gasteiger partial charge in [0.15, 0.2) is 11.6 Å². The summed E-state index contributed by atoms with van der Waals surface area (Å²) in [5.41, 5.74) is 2.77. The summed E-state index contributed by atoms with van der Waals surface area (Å²) in [4.78, 5) is 21.7. The molecule has 1 amide bonds. The largest absolute Gasteiger partial charge is 0.345 e. The molecule has 8 nitrogen and oxygen atoms in total. The van der Waals surface area contributed by atoms with Crippen molar-refractivity contribution in [2.45, 2.75) is 46.1 Å². The first-order valence-corrected chi connectivity index (χ1v) is 10.5. The van der Waals surface area contributed by atoms with E-state index in [0.29, 0.717) is 28.8 Å². The number of pyridine rings is 1. The lowest BCUT2D eigenvalue weighted by molar-refractivity contribution is 0.0939. The molecule has 1 atom stereocenters. The van der Waals surface area contributed by atoms with E-state index in [9.17, 15) is 4.79 Å². The number of rotatable bonds is 5. The van der Waals surface area contributed by atoms with Crippen molar-refractivity contribution in [1.82, 2.24) is 30.2 Å². The van der Waals surface area contributed by atoms with Crippen molar-refractivity contribution < 1.29 is 9.32 Å². The molecule has 4 rings (SSSR count). The van der Waals surface area contributed by atoms with Crippen molar-refractivity contribution in [2.75, 3.05) is 0 Å². The summed E-state index contributed by atoms with van der Waals surface area (Å²) >= 11 is 0. The molecule has 164 valence electrons. The molecule has 0 radical (unpaired) electrons. The summed E-state index contributed by atoms with van der Waals surface area (Å²) in [7, 11) is 0. The molecule has 4 aromatic rings. The van der Waals surface area contributed by atoms with Gasteiger partial charge in [-0.3, -0.25) is 4.79 Å². The molecule has 3 aromatic heterocycles. The quantitative estimate of drug-likeness (QED) is 0.503. The number of hydrogen-bond acceptors (Lipinski definition) is 6. The van der Waals surface area contributed by atoms with Crippen molar-refractivity contribution in [3.63, 3.8) is 0 Å². The van der Waals surface area contributed by atoms with Crippen LogP contribution in [0.1, 0.15) is 61.2 Å². The summed E-state index contributed by atoms with van der Waals surface area (Å²) < 4.78 is 7.02. The zero-order chi connectivity index (χ0) is 22.9. The molecular formula is C24H26N6O2. The molecule has 0 saturated heterocycles. The average molecular weight is 431 g/mol. The zero-order valence-electron chi connectivity index (χ0n) is 18.8. The Kier molecular flexibility index (Phi) is 5.61. The maximum Gasteiger partial charge on any atom is 0.259 e. The van der Waals surface area contributed by atoms with Crippen LogP contribution in [0.15, 0.2) is 59.4 Å². The minimum atomic E-state index is -0.198. The second kappa shape index (κ2) is 8.37. The van der Waals surface area contributed by atoms with E-state index in [2.05, 4.69) is 25.5 Å². The molecule has 1 N–H and O–H groups in total. The van der Waals surface area contributed by atoms with Crippen molar-refractivity contribution in [1.29, 1.82) is 0 Å². The van der Waals surface area contributed by atoms with Gasteiger partial charge in [-0.15, -0.1) is 0 Å². The van der Waals surface area contributed by atoms with Crippen LogP contribution in [-0.2, 0) is 5.41 Å². The predicted octanol–water partition coefficient (Wildman–Crippen LogP) is 4.41. The van der Waals surface area contributed by atoms with Gasteiger partial charge >= 0.3 is 0 Å². The van der Waals surface area contributed by atoms with E-state index in [1.54, 1.807) is 17.1 Å². The number of carbonyl (C=O) groups excluding carboxylic acids is 1. The van der Waals surface area contributed by atoms with E-state index in [4.69, 9.17) is 4.52 Å². The molecule has 0 spiro atoms. The molecule has 1 aromatic carbocycles. The van der Waals surface area contributed by atoms with Crippen LogP contribution in [0.4, 0.5) is 0 Å². The topological polar surface area (TPSA) is 98.7 Å². The summed E-state index contributed by atoms with van der Waals surface area (Å²) in [6, 6.07) is 13.4. The first kappa shape index (κ1) is 21.4. The Morgan fingerprint density at radius 2 is 1.84 bits per heavy atom. The number of nitrogens with zero attached hydrogens (tertiary/aromatic N) is 5. The monoisotopic (exact) mass is 430 g/mol.